The van der Waals surface area contributed by atoms with Crippen LogP contribution >= 0.6 is 0 Å². The molecule has 42 heavy (non-hydrogen) atoms. The maximum atomic E-state index is 11.8. The van der Waals surface area contributed by atoms with Crippen molar-refractivity contribution in [2.45, 2.75) is 93.3 Å². The number of pyridine rings is 2. The van der Waals surface area contributed by atoms with Crippen molar-refractivity contribution in [2.75, 3.05) is 0 Å². The van der Waals surface area contributed by atoms with Gasteiger partial charge in [0, 0.05) is 61.1 Å². The van der Waals surface area contributed by atoms with Crippen LogP contribution in [0.25, 0.3) is 33.3 Å². The largest absolute Gasteiger partial charge is 0.512 e. The van der Waals surface area contributed by atoms with Crippen LogP contribution in [0.1, 0.15) is 98.2 Å². The minimum atomic E-state index is -2.32. The third kappa shape index (κ3) is 7.76. The predicted molar refractivity (Wildman–Crippen MR) is 168 cm³/mol. The Morgan fingerprint density at radius 1 is 1.12 bits per heavy atom. The minimum absolute atomic E-state index is 0. The molecule has 1 radical (unpaired) electrons. The number of aromatic nitrogens is 2. The molecule has 6 heteroatoms. The maximum Gasteiger partial charge on any atom is 0.216 e. The molecule has 227 valence electrons. The Labute approximate surface area is 271 Å². The molecule has 0 unspecified atom stereocenters. The molecule has 5 rings (SSSR count). The van der Waals surface area contributed by atoms with E-state index < -0.39 is 13.2 Å². The Balaban J connectivity index is 0.000000322. The normalized spacial score (nSPS) is 16.9. The van der Waals surface area contributed by atoms with Crippen LogP contribution in [0, 0.1) is 29.7 Å². The van der Waals surface area contributed by atoms with Gasteiger partial charge in [-0.1, -0.05) is 89.8 Å². The monoisotopic (exact) mass is 751 g/mol. The van der Waals surface area contributed by atoms with Crippen LogP contribution in [0.3, 0.4) is 0 Å². The number of hydrogen-bond donors (Lipinski definition) is 1. The summed E-state index contributed by atoms with van der Waals surface area (Å²) in [6.45, 7) is 9.34. The van der Waals surface area contributed by atoms with E-state index in [0.29, 0.717) is 22.4 Å². The van der Waals surface area contributed by atoms with Crippen molar-refractivity contribution in [2.24, 2.45) is 16.7 Å². The number of aryl methyl sites for hydroxylation is 1. The fourth-order valence-corrected chi connectivity index (χ4v) is 4.65. The maximum absolute atomic E-state index is 11.8. The average molecular weight is 751 g/mol. The van der Waals surface area contributed by atoms with E-state index in [1.54, 1.807) is 30.5 Å². The molecule has 1 aromatic carbocycles. The first kappa shape index (κ1) is 26.8. The molecule has 0 aliphatic heterocycles. The molecule has 1 N–H and O–H groups in total. The van der Waals surface area contributed by atoms with E-state index in [0.717, 1.165) is 49.3 Å². The molecule has 0 amide bonds. The summed E-state index contributed by atoms with van der Waals surface area (Å²) in [5.41, 5.74) is 1.84. The van der Waals surface area contributed by atoms with Crippen molar-refractivity contribution in [3.8, 4) is 11.3 Å². The van der Waals surface area contributed by atoms with Gasteiger partial charge in [-0.25, -0.2) is 4.98 Å². The number of rotatable bonds is 8. The van der Waals surface area contributed by atoms with E-state index in [9.17, 15) is 9.90 Å². The smallest absolute Gasteiger partial charge is 0.216 e. The van der Waals surface area contributed by atoms with Gasteiger partial charge in [0.2, 0.25) is 5.71 Å². The number of ketones is 1. The van der Waals surface area contributed by atoms with Crippen LogP contribution < -0.4 is 0 Å². The Morgan fingerprint density at radius 2 is 1.83 bits per heavy atom. The summed E-state index contributed by atoms with van der Waals surface area (Å²) in [5.74, 6) is 0.205. The zero-order valence-corrected chi connectivity index (χ0v) is 27.8. The molecular weight excluding hydrogens is 701 g/mol. The van der Waals surface area contributed by atoms with E-state index in [1.165, 1.54) is 12.1 Å². The molecule has 0 saturated heterocycles. The second-order valence-electron chi connectivity index (χ2n) is 12.2. The van der Waals surface area contributed by atoms with Gasteiger partial charge in [-0.05, 0) is 55.9 Å². The van der Waals surface area contributed by atoms with Gasteiger partial charge in [0.05, 0.1) is 5.58 Å². The van der Waals surface area contributed by atoms with Gasteiger partial charge in [0.25, 0.3) is 0 Å². The van der Waals surface area contributed by atoms with Crippen molar-refractivity contribution in [1.82, 2.24) is 9.97 Å². The summed E-state index contributed by atoms with van der Waals surface area (Å²) in [6.07, 6.45) is 7.12. The molecule has 1 fully saturated rings. The second kappa shape index (κ2) is 14.1. The summed E-state index contributed by atoms with van der Waals surface area (Å²) >= 11 is 0. The number of carbonyl (C=O) groups is 1. The van der Waals surface area contributed by atoms with Gasteiger partial charge in [0.1, 0.15) is 5.76 Å². The number of fused-ring (bicyclic) bond motifs is 3. The molecule has 4 aromatic rings. The zero-order valence-electron chi connectivity index (χ0n) is 30.4. The first-order valence-corrected chi connectivity index (χ1v) is 14.6. The van der Waals surface area contributed by atoms with Crippen LogP contribution in [0.4, 0.5) is 0 Å². The quantitative estimate of drug-likeness (QED) is 0.110. The van der Waals surface area contributed by atoms with Crippen molar-refractivity contribution >= 4 is 27.9 Å². The third-order valence-corrected chi connectivity index (χ3v) is 8.44. The topological polar surface area (TPSA) is 76.2 Å². The standard InChI is InChI=1S/C23H21N2O.C13H24O2.Ir/c1-15-9-10-19-18-7-4-8-20(22(18)26-23(19)25-15)21-14-17(11-12-24-21)13-16-5-2-3-6-16;1-7-12(3,4)10(14)9-11(15)13(5,6)8-2;/h4,7,9-12,14,16H,2-3,5-6,13H2,1H3;9,14H,7-8H2,1-6H3;/q-1;;/b;10-9-;/i1D3,13D2;;. The van der Waals surface area contributed by atoms with Gasteiger partial charge in [0.15, 0.2) is 5.78 Å². The van der Waals surface area contributed by atoms with E-state index in [2.05, 4.69) is 16.0 Å². The molecule has 0 bridgehead atoms. The first-order valence-electron chi connectivity index (χ1n) is 17.1. The number of aliphatic hydroxyl groups excluding tert-OH is 1. The summed E-state index contributed by atoms with van der Waals surface area (Å²) in [4.78, 5) is 20.5. The van der Waals surface area contributed by atoms with Gasteiger partial charge in [-0.3, -0.25) is 4.79 Å². The van der Waals surface area contributed by atoms with Crippen LogP contribution in [-0.2, 0) is 31.3 Å². The van der Waals surface area contributed by atoms with E-state index in [4.69, 9.17) is 11.3 Å². The van der Waals surface area contributed by atoms with Gasteiger partial charge in [-0.2, -0.15) is 0 Å². The second-order valence-corrected chi connectivity index (χ2v) is 12.2. The first-order chi connectivity index (χ1) is 21.4. The predicted octanol–water partition coefficient (Wildman–Crippen LogP) is 9.75. The molecule has 1 aliphatic carbocycles. The van der Waals surface area contributed by atoms with Crippen LogP contribution in [0.15, 0.2) is 58.8 Å². The Morgan fingerprint density at radius 3 is 2.50 bits per heavy atom. The molecule has 1 aliphatic rings. The van der Waals surface area contributed by atoms with Gasteiger partial charge >= 0.3 is 0 Å². The van der Waals surface area contributed by atoms with Crippen LogP contribution in [-0.4, -0.2) is 20.9 Å². The molecule has 3 aromatic heterocycles. The number of benzene rings is 1. The Bertz CT molecular complexity index is 1740. The summed E-state index contributed by atoms with van der Waals surface area (Å²) in [7, 11) is 0. The molecule has 1 saturated carbocycles. The fourth-order valence-electron chi connectivity index (χ4n) is 4.65. The van der Waals surface area contributed by atoms with Crippen molar-refractivity contribution < 1.29 is 41.3 Å². The number of carbonyl (C=O) groups excluding carboxylic acids is 1. The number of nitrogens with zero attached hydrogens (tertiary/aromatic N) is 2. The zero-order chi connectivity index (χ0) is 34.1. The van der Waals surface area contributed by atoms with E-state index in [-0.39, 0.29) is 59.8 Å². The molecular formula is C36H45IrN2O3-. The third-order valence-electron chi connectivity index (χ3n) is 8.44. The number of hydrogen-bond acceptors (Lipinski definition) is 5. The Kier molecular flexibility index (Phi) is 8.99. The van der Waals surface area contributed by atoms with Gasteiger partial charge in [-0.15, -0.1) is 18.2 Å². The molecule has 0 spiro atoms. The number of allylic oxidation sites excluding steroid dienone is 2. The Hall–Kier alpha value is -2.82. The number of furan rings is 1. The molecule has 0 atom stereocenters. The minimum Gasteiger partial charge on any atom is -0.512 e. The van der Waals surface area contributed by atoms with Crippen molar-refractivity contribution in [3.63, 3.8) is 0 Å². The summed E-state index contributed by atoms with van der Waals surface area (Å²) in [5, 5.41) is 11.4. The number of aliphatic hydroxyl groups is 1. The van der Waals surface area contributed by atoms with E-state index in [1.807, 2.05) is 47.6 Å². The van der Waals surface area contributed by atoms with E-state index >= 15 is 0 Å². The van der Waals surface area contributed by atoms with Crippen LogP contribution in [0.5, 0.6) is 0 Å². The fraction of sp³-hybridized carbons (Fsp3) is 0.472. The van der Waals surface area contributed by atoms with Gasteiger partial charge < -0.3 is 14.5 Å². The average Bonchev–Trinajstić information content (AvgIpc) is 3.70. The summed E-state index contributed by atoms with van der Waals surface area (Å²) < 4.78 is 46.1. The SMILES string of the molecule is CCC(C)(C)C(=O)/C=C(\O)C(C)(C)CC.[2H]C([2H])([2H])c1ccc2c(n1)oc1c(-c3cc(C([2H])([2H])C4CCCC4)ccn3)[c-]ccc12.[Ir]. The van der Waals surface area contributed by atoms with Crippen molar-refractivity contribution in [3.05, 3.63) is 71.8 Å². The molecule has 3 heterocycles. The molecule has 5 nitrogen and oxygen atoms in total. The summed E-state index contributed by atoms with van der Waals surface area (Å²) in [6, 6.07) is 13.5. The van der Waals surface area contributed by atoms with Crippen LogP contribution in [0.2, 0.25) is 0 Å². The van der Waals surface area contributed by atoms with Crippen molar-refractivity contribution in [1.29, 1.82) is 0 Å².